The lowest BCUT2D eigenvalue weighted by atomic mass is 10.00. The van der Waals surface area contributed by atoms with Crippen molar-refractivity contribution >= 4 is 11.8 Å². The molecule has 0 spiro atoms. The Hall–Kier alpha value is -3.37. The van der Waals surface area contributed by atoms with E-state index in [-0.39, 0.29) is 42.4 Å². The number of rotatable bonds is 5. The summed E-state index contributed by atoms with van der Waals surface area (Å²) in [6.45, 7) is 5.88. The number of carbonyl (C=O) groups excluding carboxylic acids is 2. The van der Waals surface area contributed by atoms with Gasteiger partial charge in [0, 0.05) is 44.6 Å². The molecule has 3 atom stereocenters. The number of carbonyl (C=O) groups is 2. The molecule has 0 fully saturated rings. The summed E-state index contributed by atoms with van der Waals surface area (Å²) in [5.41, 5.74) is 2.03. The zero-order chi connectivity index (χ0) is 24.0. The van der Waals surface area contributed by atoms with E-state index >= 15 is 0 Å². The molecule has 3 rings (SSSR count). The molecule has 7 heteroatoms. The number of hydrogen-bond acceptors (Lipinski definition) is 5. The topological polar surface area (TPSA) is 83.0 Å². The third-order valence-electron chi connectivity index (χ3n) is 5.88. The normalized spacial score (nSPS) is 18.7. The van der Waals surface area contributed by atoms with Gasteiger partial charge in [0.25, 0.3) is 5.91 Å². The summed E-state index contributed by atoms with van der Waals surface area (Å²) in [5.74, 6) is 6.03. The second kappa shape index (κ2) is 11.0. The molecule has 2 aromatic rings. The van der Waals surface area contributed by atoms with E-state index in [2.05, 4.69) is 16.8 Å². The minimum Gasteiger partial charge on any atom is -0.472 e. The number of nitrogens with zero attached hydrogens (tertiary/aromatic N) is 3. The quantitative estimate of drug-likeness (QED) is 0.709. The standard InChI is InChI=1S/C26H31N3O4/c1-18-15-29(19(2)17-30)26(32)23-13-22(12-8-11-21-9-6-5-7-10-21)14-27-25(23)33-24(18)16-28(4)20(3)31/h5-7,9-10,13-14,18-19,24,30H,11,15-17H2,1-4H3/t18-,19+,24-/m0/s1. The van der Waals surface area contributed by atoms with Gasteiger partial charge in [0.1, 0.15) is 11.7 Å². The molecule has 1 aromatic carbocycles. The van der Waals surface area contributed by atoms with Gasteiger partial charge >= 0.3 is 0 Å². The van der Waals surface area contributed by atoms with E-state index in [0.717, 1.165) is 5.56 Å². The molecule has 0 saturated heterocycles. The van der Waals surface area contributed by atoms with Crippen LogP contribution in [0.1, 0.15) is 42.3 Å². The van der Waals surface area contributed by atoms with Gasteiger partial charge in [-0.25, -0.2) is 4.98 Å². The number of benzene rings is 1. The Kier molecular flexibility index (Phi) is 8.07. The third-order valence-corrected chi connectivity index (χ3v) is 5.88. The van der Waals surface area contributed by atoms with Crippen LogP contribution in [0.2, 0.25) is 0 Å². The summed E-state index contributed by atoms with van der Waals surface area (Å²) >= 11 is 0. The Morgan fingerprint density at radius 3 is 2.76 bits per heavy atom. The van der Waals surface area contributed by atoms with Crippen LogP contribution in [0.3, 0.4) is 0 Å². The van der Waals surface area contributed by atoms with Crippen molar-refractivity contribution in [2.75, 3.05) is 26.7 Å². The van der Waals surface area contributed by atoms with Crippen LogP contribution < -0.4 is 4.74 Å². The number of amides is 2. The highest BCUT2D eigenvalue weighted by molar-refractivity contribution is 5.97. The molecule has 1 aliphatic rings. The Morgan fingerprint density at radius 2 is 2.09 bits per heavy atom. The lowest BCUT2D eigenvalue weighted by Gasteiger charge is -2.37. The first kappa shape index (κ1) is 24.3. The fourth-order valence-corrected chi connectivity index (χ4v) is 3.63. The van der Waals surface area contributed by atoms with E-state index < -0.39 is 0 Å². The highest BCUT2D eigenvalue weighted by Crippen LogP contribution is 2.27. The fraction of sp³-hybridized carbons (Fsp3) is 0.423. The van der Waals surface area contributed by atoms with Crippen molar-refractivity contribution in [1.29, 1.82) is 0 Å². The Balaban J connectivity index is 1.94. The molecule has 0 bridgehead atoms. The monoisotopic (exact) mass is 449 g/mol. The first-order valence-corrected chi connectivity index (χ1v) is 11.1. The molecule has 1 N–H and O–H groups in total. The number of aliphatic hydroxyl groups excluding tert-OH is 1. The van der Waals surface area contributed by atoms with E-state index in [0.29, 0.717) is 30.6 Å². The maximum absolute atomic E-state index is 13.4. The molecule has 7 nitrogen and oxygen atoms in total. The number of likely N-dealkylation sites (N-methyl/N-ethyl adjacent to an activating group) is 1. The van der Waals surface area contributed by atoms with Crippen molar-refractivity contribution in [2.24, 2.45) is 5.92 Å². The highest BCUT2D eigenvalue weighted by atomic mass is 16.5. The average Bonchev–Trinajstić information content (AvgIpc) is 2.81. The molecule has 0 aliphatic carbocycles. The first-order chi connectivity index (χ1) is 15.8. The molecular weight excluding hydrogens is 418 g/mol. The summed E-state index contributed by atoms with van der Waals surface area (Å²) in [5, 5.41) is 9.75. The van der Waals surface area contributed by atoms with Crippen LogP contribution in [0.25, 0.3) is 0 Å². The summed E-state index contributed by atoms with van der Waals surface area (Å²) in [6.07, 6.45) is 1.83. The molecule has 0 unspecified atom stereocenters. The van der Waals surface area contributed by atoms with Crippen molar-refractivity contribution in [3.8, 4) is 17.7 Å². The predicted octanol–water partition coefficient (Wildman–Crippen LogP) is 2.37. The van der Waals surface area contributed by atoms with Crippen LogP contribution in [0.15, 0.2) is 42.6 Å². The van der Waals surface area contributed by atoms with Gasteiger partial charge in [-0.3, -0.25) is 9.59 Å². The van der Waals surface area contributed by atoms with Crippen molar-refractivity contribution in [2.45, 2.75) is 39.3 Å². The molecule has 1 aliphatic heterocycles. The first-order valence-electron chi connectivity index (χ1n) is 11.1. The van der Waals surface area contributed by atoms with E-state index in [1.54, 1.807) is 36.0 Å². The number of aliphatic hydroxyl groups is 1. The third kappa shape index (κ3) is 6.11. The number of hydrogen-bond donors (Lipinski definition) is 1. The Bertz CT molecular complexity index is 1040. The summed E-state index contributed by atoms with van der Waals surface area (Å²) in [4.78, 5) is 32.8. The smallest absolute Gasteiger partial charge is 0.259 e. The number of fused-ring (bicyclic) bond motifs is 1. The molecule has 33 heavy (non-hydrogen) atoms. The summed E-state index contributed by atoms with van der Waals surface area (Å²) in [6, 6.07) is 11.3. The van der Waals surface area contributed by atoms with Gasteiger partial charge in [0.15, 0.2) is 0 Å². The SMILES string of the molecule is CC(=O)N(C)C[C@@H]1Oc2ncc(C#CCc3ccccc3)cc2C(=O)N([C@H](C)CO)C[C@@H]1C. The minimum atomic E-state index is -0.370. The van der Waals surface area contributed by atoms with Crippen LogP contribution in [0, 0.1) is 17.8 Å². The maximum Gasteiger partial charge on any atom is 0.259 e. The van der Waals surface area contributed by atoms with Gasteiger partial charge in [0.05, 0.1) is 19.2 Å². The number of pyridine rings is 1. The number of aromatic nitrogens is 1. The second-order valence-corrected chi connectivity index (χ2v) is 8.56. The van der Waals surface area contributed by atoms with Gasteiger partial charge in [-0.1, -0.05) is 49.1 Å². The van der Waals surface area contributed by atoms with Gasteiger partial charge in [-0.15, -0.1) is 0 Å². The Morgan fingerprint density at radius 1 is 1.36 bits per heavy atom. The van der Waals surface area contributed by atoms with E-state index in [4.69, 9.17) is 4.74 Å². The number of ether oxygens (including phenoxy) is 1. The summed E-state index contributed by atoms with van der Waals surface area (Å²) < 4.78 is 6.17. The van der Waals surface area contributed by atoms with E-state index in [1.165, 1.54) is 6.92 Å². The largest absolute Gasteiger partial charge is 0.472 e. The molecule has 1 aromatic heterocycles. The van der Waals surface area contributed by atoms with Gasteiger partial charge < -0.3 is 19.6 Å². The van der Waals surface area contributed by atoms with Crippen molar-refractivity contribution in [3.63, 3.8) is 0 Å². The van der Waals surface area contributed by atoms with Crippen LogP contribution in [0.5, 0.6) is 5.88 Å². The lowest BCUT2D eigenvalue weighted by molar-refractivity contribution is -0.129. The van der Waals surface area contributed by atoms with Crippen molar-refractivity contribution in [3.05, 3.63) is 59.3 Å². The minimum absolute atomic E-state index is 0.0678. The van der Waals surface area contributed by atoms with Crippen molar-refractivity contribution in [1.82, 2.24) is 14.8 Å². The van der Waals surface area contributed by atoms with Crippen LogP contribution >= 0.6 is 0 Å². The maximum atomic E-state index is 13.4. The van der Waals surface area contributed by atoms with Gasteiger partial charge in [-0.2, -0.15) is 0 Å². The highest BCUT2D eigenvalue weighted by Gasteiger charge is 2.34. The zero-order valence-electron chi connectivity index (χ0n) is 19.6. The molecule has 174 valence electrons. The molecule has 2 amide bonds. The van der Waals surface area contributed by atoms with Gasteiger partial charge in [-0.05, 0) is 18.6 Å². The molecule has 2 heterocycles. The van der Waals surface area contributed by atoms with E-state index in [9.17, 15) is 14.7 Å². The fourth-order valence-electron chi connectivity index (χ4n) is 3.63. The van der Waals surface area contributed by atoms with Crippen LogP contribution in [0.4, 0.5) is 0 Å². The second-order valence-electron chi connectivity index (χ2n) is 8.56. The van der Waals surface area contributed by atoms with Crippen LogP contribution in [-0.4, -0.2) is 70.6 Å². The van der Waals surface area contributed by atoms with E-state index in [1.807, 2.05) is 37.3 Å². The predicted molar refractivity (Wildman–Crippen MR) is 126 cm³/mol. The van der Waals surface area contributed by atoms with Gasteiger partial charge in [0.2, 0.25) is 11.8 Å². The summed E-state index contributed by atoms with van der Waals surface area (Å²) in [7, 11) is 1.72. The van der Waals surface area contributed by atoms with Crippen molar-refractivity contribution < 1.29 is 19.4 Å². The lowest BCUT2D eigenvalue weighted by Crippen LogP contribution is -2.50. The zero-order valence-corrected chi connectivity index (χ0v) is 19.6. The average molecular weight is 450 g/mol. The van der Waals surface area contributed by atoms with Crippen LogP contribution in [-0.2, 0) is 11.2 Å². The Labute approximate surface area is 195 Å². The molecule has 0 radical (unpaired) electrons. The molecular formula is C26H31N3O4. The molecule has 0 saturated carbocycles.